The Morgan fingerprint density at radius 1 is 1.33 bits per heavy atom. The Bertz CT molecular complexity index is 790. The summed E-state index contributed by atoms with van der Waals surface area (Å²) in [5.41, 5.74) is 1.81. The number of benzene rings is 1. The van der Waals surface area contributed by atoms with E-state index in [1.807, 2.05) is 26.0 Å². The molecule has 2 heterocycles. The quantitative estimate of drug-likeness (QED) is 0.928. The molecule has 2 aromatic rings. The molecule has 0 saturated carbocycles. The van der Waals surface area contributed by atoms with E-state index in [2.05, 4.69) is 10.3 Å². The highest BCUT2D eigenvalue weighted by atomic mass is 35.5. The van der Waals surface area contributed by atoms with Crippen molar-refractivity contribution in [3.8, 4) is 0 Å². The summed E-state index contributed by atoms with van der Waals surface area (Å²) in [5, 5.41) is 3.40. The molecule has 0 aliphatic carbocycles. The van der Waals surface area contributed by atoms with E-state index in [0.717, 1.165) is 16.8 Å². The fraction of sp³-hybridized carbons (Fsp3) is 0.278. The van der Waals surface area contributed by atoms with Gasteiger partial charge >= 0.3 is 0 Å². The summed E-state index contributed by atoms with van der Waals surface area (Å²) in [6.45, 7) is 4.05. The van der Waals surface area contributed by atoms with Crippen molar-refractivity contribution in [2.24, 2.45) is 0 Å². The first-order chi connectivity index (χ1) is 11.4. The molecule has 1 aliphatic rings. The van der Waals surface area contributed by atoms with E-state index < -0.39 is 5.41 Å². The van der Waals surface area contributed by atoms with Gasteiger partial charge in [-0.1, -0.05) is 17.7 Å². The van der Waals surface area contributed by atoms with Crippen LogP contribution in [0.3, 0.4) is 0 Å². The van der Waals surface area contributed by atoms with Gasteiger partial charge in [0.25, 0.3) is 0 Å². The van der Waals surface area contributed by atoms with Crippen LogP contribution in [0.4, 0.5) is 5.69 Å². The number of pyridine rings is 1. The lowest BCUT2D eigenvalue weighted by atomic mass is 9.86. The van der Waals surface area contributed by atoms with Crippen LogP contribution in [-0.4, -0.2) is 23.3 Å². The molecule has 2 amide bonds. The van der Waals surface area contributed by atoms with Gasteiger partial charge in [0, 0.05) is 29.6 Å². The van der Waals surface area contributed by atoms with Gasteiger partial charge in [-0.25, -0.2) is 0 Å². The van der Waals surface area contributed by atoms with Crippen molar-refractivity contribution in [1.82, 2.24) is 10.3 Å². The number of fused-ring (bicyclic) bond motifs is 1. The third kappa shape index (κ3) is 2.99. The Morgan fingerprint density at radius 2 is 2.12 bits per heavy atom. The third-order valence-corrected chi connectivity index (χ3v) is 4.45. The molecule has 1 aromatic carbocycles. The highest BCUT2D eigenvalue weighted by molar-refractivity contribution is 6.31. The number of carbonyl (C=O) groups excluding carboxylic acids is 2. The van der Waals surface area contributed by atoms with Gasteiger partial charge in [0.05, 0.1) is 5.41 Å². The van der Waals surface area contributed by atoms with Crippen LogP contribution in [0.1, 0.15) is 25.0 Å². The molecular formula is C18H18ClN3O2. The first-order valence-electron chi connectivity index (χ1n) is 7.67. The fourth-order valence-corrected chi connectivity index (χ4v) is 3.04. The van der Waals surface area contributed by atoms with Gasteiger partial charge in [0.15, 0.2) is 0 Å². The molecule has 0 radical (unpaired) electrons. The molecule has 0 saturated heterocycles. The molecule has 0 bridgehead atoms. The van der Waals surface area contributed by atoms with Crippen LogP contribution < -0.4 is 10.2 Å². The molecule has 24 heavy (non-hydrogen) atoms. The van der Waals surface area contributed by atoms with Crippen LogP contribution in [0.2, 0.25) is 5.02 Å². The van der Waals surface area contributed by atoms with Crippen molar-refractivity contribution in [2.75, 3.05) is 11.4 Å². The minimum Gasteiger partial charge on any atom is -0.350 e. The number of aromatic nitrogens is 1. The molecule has 124 valence electrons. The van der Waals surface area contributed by atoms with Crippen molar-refractivity contribution in [3.63, 3.8) is 0 Å². The van der Waals surface area contributed by atoms with Crippen LogP contribution in [0.5, 0.6) is 0 Å². The second-order valence-electron chi connectivity index (χ2n) is 6.32. The maximum absolute atomic E-state index is 12.7. The van der Waals surface area contributed by atoms with E-state index in [1.54, 1.807) is 30.6 Å². The Kier molecular flexibility index (Phi) is 4.28. The topological polar surface area (TPSA) is 62.3 Å². The van der Waals surface area contributed by atoms with Gasteiger partial charge in [-0.15, -0.1) is 0 Å². The number of hydrogen-bond donors (Lipinski definition) is 1. The summed E-state index contributed by atoms with van der Waals surface area (Å²) in [6, 6.07) is 9.01. The molecule has 1 N–H and O–H groups in total. The fourth-order valence-electron chi connectivity index (χ4n) is 2.87. The van der Waals surface area contributed by atoms with Crippen molar-refractivity contribution in [2.45, 2.75) is 25.8 Å². The molecule has 0 spiro atoms. The SMILES string of the molecule is CC1(C)C(=O)N(CC(=O)NCc2cccnc2)c2ccc(Cl)cc21. The summed E-state index contributed by atoms with van der Waals surface area (Å²) >= 11 is 6.05. The smallest absolute Gasteiger partial charge is 0.240 e. The van der Waals surface area contributed by atoms with Crippen molar-refractivity contribution >= 4 is 29.1 Å². The van der Waals surface area contributed by atoms with Crippen LogP contribution in [-0.2, 0) is 21.5 Å². The van der Waals surface area contributed by atoms with Crippen LogP contribution in [0, 0.1) is 0 Å². The minimum atomic E-state index is -0.691. The highest BCUT2D eigenvalue weighted by Gasteiger charge is 2.44. The summed E-state index contributed by atoms with van der Waals surface area (Å²) in [7, 11) is 0. The van der Waals surface area contributed by atoms with Crippen LogP contribution in [0.25, 0.3) is 0 Å². The number of anilines is 1. The minimum absolute atomic E-state index is 0.0167. The summed E-state index contributed by atoms with van der Waals surface area (Å²) in [6.07, 6.45) is 3.38. The monoisotopic (exact) mass is 343 g/mol. The molecule has 1 aliphatic heterocycles. The molecule has 0 fully saturated rings. The molecule has 3 rings (SSSR count). The lowest BCUT2D eigenvalue weighted by Gasteiger charge is -2.20. The number of amides is 2. The maximum Gasteiger partial charge on any atom is 0.240 e. The molecule has 5 nitrogen and oxygen atoms in total. The lowest BCUT2D eigenvalue weighted by Crippen LogP contribution is -2.42. The zero-order chi connectivity index (χ0) is 17.3. The van der Waals surface area contributed by atoms with E-state index in [1.165, 1.54) is 4.90 Å². The highest BCUT2D eigenvalue weighted by Crippen LogP contribution is 2.42. The third-order valence-electron chi connectivity index (χ3n) is 4.22. The second-order valence-corrected chi connectivity index (χ2v) is 6.75. The first kappa shape index (κ1) is 16.5. The number of carbonyl (C=O) groups is 2. The Hall–Kier alpha value is -2.40. The zero-order valence-electron chi connectivity index (χ0n) is 13.5. The predicted molar refractivity (Wildman–Crippen MR) is 92.9 cm³/mol. The normalized spacial score (nSPS) is 15.3. The van der Waals surface area contributed by atoms with E-state index in [4.69, 9.17) is 11.6 Å². The second kappa shape index (κ2) is 6.24. The largest absolute Gasteiger partial charge is 0.350 e. The summed E-state index contributed by atoms with van der Waals surface area (Å²) < 4.78 is 0. The zero-order valence-corrected chi connectivity index (χ0v) is 14.3. The number of hydrogen-bond acceptors (Lipinski definition) is 3. The summed E-state index contributed by atoms with van der Waals surface area (Å²) in [4.78, 5) is 30.5. The summed E-state index contributed by atoms with van der Waals surface area (Å²) in [5.74, 6) is -0.318. The van der Waals surface area contributed by atoms with Gasteiger partial charge in [-0.05, 0) is 49.2 Å². The van der Waals surface area contributed by atoms with Gasteiger partial charge < -0.3 is 10.2 Å². The lowest BCUT2D eigenvalue weighted by molar-refractivity contribution is -0.125. The van der Waals surface area contributed by atoms with E-state index in [-0.39, 0.29) is 18.4 Å². The number of halogens is 1. The number of nitrogens with one attached hydrogen (secondary N) is 1. The van der Waals surface area contributed by atoms with E-state index in [0.29, 0.717) is 11.6 Å². The molecule has 0 atom stereocenters. The van der Waals surface area contributed by atoms with Gasteiger partial charge in [-0.3, -0.25) is 14.6 Å². The standard InChI is InChI=1S/C18H18ClN3O2/c1-18(2)14-8-13(19)5-6-15(14)22(17(18)24)11-16(23)21-10-12-4-3-7-20-9-12/h3-9H,10-11H2,1-2H3,(H,21,23). The number of rotatable bonds is 4. The van der Waals surface area contributed by atoms with Crippen molar-refractivity contribution < 1.29 is 9.59 Å². The van der Waals surface area contributed by atoms with Crippen molar-refractivity contribution in [3.05, 3.63) is 58.9 Å². The molecule has 0 unspecified atom stereocenters. The Labute approximate surface area is 145 Å². The maximum atomic E-state index is 12.7. The average molecular weight is 344 g/mol. The molecule has 1 aromatic heterocycles. The van der Waals surface area contributed by atoms with Gasteiger partial charge in [-0.2, -0.15) is 0 Å². The first-order valence-corrected chi connectivity index (χ1v) is 8.05. The Morgan fingerprint density at radius 3 is 2.83 bits per heavy atom. The van der Waals surface area contributed by atoms with Crippen LogP contribution >= 0.6 is 11.6 Å². The Balaban J connectivity index is 1.73. The predicted octanol–water partition coefficient (Wildman–Crippen LogP) is 2.68. The van der Waals surface area contributed by atoms with Crippen LogP contribution in [0.15, 0.2) is 42.7 Å². The van der Waals surface area contributed by atoms with E-state index >= 15 is 0 Å². The molecular weight excluding hydrogens is 326 g/mol. The van der Waals surface area contributed by atoms with E-state index in [9.17, 15) is 9.59 Å². The number of nitrogens with zero attached hydrogens (tertiary/aromatic N) is 2. The molecule has 6 heteroatoms. The average Bonchev–Trinajstić information content (AvgIpc) is 2.75. The van der Waals surface area contributed by atoms with Gasteiger partial charge in [0.2, 0.25) is 11.8 Å². The van der Waals surface area contributed by atoms with Gasteiger partial charge in [0.1, 0.15) is 6.54 Å². The van der Waals surface area contributed by atoms with Crippen molar-refractivity contribution in [1.29, 1.82) is 0 Å².